The maximum Gasteiger partial charge on any atom is 0.261 e. The van der Waals surface area contributed by atoms with Gasteiger partial charge in [0, 0.05) is 24.4 Å². The van der Waals surface area contributed by atoms with E-state index in [4.69, 9.17) is 0 Å². The summed E-state index contributed by atoms with van der Waals surface area (Å²) in [5, 5.41) is 3.39. The van der Waals surface area contributed by atoms with Crippen molar-refractivity contribution in [3.63, 3.8) is 0 Å². The summed E-state index contributed by atoms with van der Waals surface area (Å²) >= 11 is 1.50. The van der Waals surface area contributed by atoms with Gasteiger partial charge in [-0.3, -0.25) is 24.2 Å². The number of anilines is 1. The zero-order valence-electron chi connectivity index (χ0n) is 17.3. The largest absolute Gasteiger partial charge is 0.302 e. The molecular weight excluding hydrogens is 400 g/mol. The van der Waals surface area contributed by atoms with E-state index >= 15 is 0 Å². The number of nitrogens with zero attached hydrogens (tertiary/aromatic N) is 3. The molecule has 2 aliphatic rings. The fraction of sp³-hybridized carbons (Fsp3) is 0.455. The Balaban J connectivity index is 1.31. The predicted octanol–water partition coefficient (Wildman–Crippen LogP) is 3.31. The topological polar surface area (TPSA) is 82.6 Å². The molecule has 3 amide bonds. The highest BCUT2D eigenvalue weighted by Gasteiger charge is 2.35. The van der Waals surface area contributed by atoms with Gasteiger partial charge in [-0.2, -0.15) is 0 Å². The van der Waals surface area contributed by atoms with Crippen molar-refractivity contribution in [2.75, 3.05) is 25.0 Å². The van der Waals surface area contributed by atoms with E-state index in [2.05, 4.69) is 22.1 Å². The SMILES string of the molecule is Cc1nc(NC(=O)CCN2C(=O)c3ccccc3C2=O)sc1CN1CCC(C)CC1. The Labute approximate surface area is 180 Å². The van der Waals surface area contributed by atoms with Crippen molar-refractivity contribution in [1.29, 1.82) is 0 Å². The van der Waals surface area contributed by atoms with Crippen molar-refractivity contribution in [2.45, 2.75) is 39.7 Å². The minimum Gasteiger partial charge on any atom is -0.302 e. The number of fused-ring (bicyclic) bond motifs is 1. The van der Waals surface area contributed by atoms with Crippen molar-refractivity contribution >= 4 is 34.2 Å². The van der Waals surface area contributed by atoms with Crippen LogP contribution in [0.3, 0.4) is 0 Å². The van der Waals surface area contributed by atoms with Crippen molar-refractivity contribution in [3.05, 3.63) is 46.0 Å². The molecule has 30 heavy (non-hydrogen) atoms. The summed E-state index contributed by atoms with van der Waals surface area (Å²) < 4.78 is 0. The normalized spacial score (nSPS) is 17.5. The maximum atomic E-state index is 12.4. The van der Waals surface area contributed by atoms with Crippen LogP contribution in [0.2, 0.25) is 0 Å². The van der Waals surface area contributed by atoms with Crippen molar-refractivity contribution in [2.24, 2.45) is 5.92 Å². The molecule has 2 aliphatic heterocycles. The number of amides is 3. The van der Waals surface area contributed by atoms with E-state index < -0.39 is 0 Å². The molecule has 0 spiro atoms. The first-order valence-corrected chi connectivity index (χ1v) is 11.2. The third-order valence-corrected chi connectivity index (χ3v) is 6.88. The van der Waals surface area contributed by atoms with E-state index in [0.29, 0.717) is 16.3 Å². The van der Waals surface area contributed by atoms with Gasteiger partial charge in [-0.25, -0.2) is 4.98 Å². The lowest BCUT2D eigenvalue weighted by Crippen LogP contribution is -2.32. The van der Waals surface area contributed by atoms with Gasteiger partial charge in [0.25, 0.3) is 11.8 Å². The monoisotopic (exact) mass is 426 g/mol. The van der Waals surface area contributed by atoms with Crippen molar-refractivity contribution in [1.82, 2.24) is 14.8 Å². The number of carbonyl (C=O) groups is 3. The molecule has 0 saturated carbocycles. The molecule has 158 valence electrons. The van der Waals surface area contributed by atoms with Crippen LogP contribution < -0.4 is 5.32 Å². The minimum absolute atomic E-state index is 0.0451. The Morgan fingerprint density at radius 3 is 2.43 bits per heavy atom. The molecular formula is C22H26N4O3S. The molecule has 2 aromatic rings. The third-order valence-electron chi connectivity index (χ3n) is 5.82. The molecule has 4 rings (SSSR count). The quantitative estimate of drug-likeness (QED) is 0.717. The Kier molecular flexibility index (Phi) is 5.97. The molecule has 0 bridgehead atoms. The Morgan fingerprint density at radius 1 is 1.17 bits per heavy atom. The van der Waals surface area contributed by atoms with Gasteiger partial charge in [0.2, 0.25) is 5.91 Å². The van der Waals surface area contributed by atoms with Gasteiger partial charge in [-0.1, -0.05) is 19.1 Å². The summed E-state index contributed by atoms with van der Waals surface area (Å²) in [7, 11) is 0. The molecule has 1 aromatic heterocycles. The van der Waals surface area contributed by atoms with E-state index in [1.807, 2.05) is 6.92 Å². The molecule has 1 aromatic carbocycles. The molecule has 0 radical (unpaired) electrons. The van der Waals surface area contributed by atoms with Gasteiger partial charge >= 0.3 is 0 Å². The van der Waals surface area contributed by atoms with Gasteiger partial charge in [0.1, 0.15) is 0 Å². The number of hydrogen-bond donors (Lipinski definition) is 1. The molecule has 3 heterocycles. The summed E-state index contributed by atoms with van der Waals surface area (Å²) in [6.45, 7) is 7.38. The van der Waals surface area contributed by atoms with Crippen LogP contribution >= 0.6 is 11.3 Å². The molecule has 1 N–H and O–H groups in total. The van der Waals surface area contributed by atoms with Crippen molar-refractivity contribution in [3.8, 4) is 0 Å². The maximum absolute atomic E-state index is 12.4. The summed E-state index contributed by atoms with van der Waals surface area (Å²) in [5.41, 5.74) is 1.74. The molecule has 0 unspecified atom stereocenters. The molecule has 0 atom stereocenters. The van der Waals surface area contributed by atoms with Crippen LogP contribution in [0, 0.1) is 12.8 Å². The van der Waals surface area contributed by atoms with Crippen LogP contribution in [0.15, 0.2) is 24.3 Å². The lowest BCUT2D eigenvalue weighted by Gasteiger charge is -2.29. The zero-order valence-corrected chi connectivity index (χ0v) is 18.1. The highest BCUT2D eigenvalue weighted by Crippen LogP contribution is 2.27. The van der Waals surface area contributed by atoms with Crippen molar-refractivity contribution < 1.29 is 14.4 Å². The van der Waals surface area contributed by atoms with Gasteiger partial charge in [-0.15, -0.1) is 11.3 Å². The second-order valence-electron chi connectivity index (χ2n) is 8.09. The lowest BCUT2D eigenvalue weighted by atomic mass is 9.99. The standard InChI is InChI=1S/C22H26N4O3S/c1-14-7-10-25(11-8-14)13-18-15(2)23-22(30-18)24-19(27)9-12-26-20(28)16-5-3-4-6-17(16)21(26)29/h3-6,14H,7-13H2,1-2H3,(H,23,24,27). The van der Waals surface area contributed by atoms with Crippen LogP contribution in [0.1, 0.15) is 57.5 Å². The average Bonchev–Trinajstić information content (AvgIpc) is 3.19. The third kappa shape index (κ3) is 4.29. The van der Waals surface area contributed by atoms with Gasteiger partial charge in [-0.05, 0) is 50.9 Å². The second-order valence-corrected chi connectivity index (χ2v) is 9.18. The number of rotatable bonds is 6. The number of thiazole rings is 1. The molecule has 1 fully saturated rings. The number of hydrogen-bond acceptors (Lipinski definition) is 6. The van der Waals surface area contributed by atoms with Gasteiger partial charge in [0.15, 0.2) is 5.13 Å². The fourth-order valence-corrected chi connectivity index (χ4v) is 4.91. The summed E-state index contributed by atoms with van der Waals surface area (Å²) in [5.74, 6) is -0.141. The highest BCUT2D eigenvalue weighted by molar-refractivity contribution is 7.15. The number of carbonyl (C=O) groups excluding carboxylic acids is 3. The Morgan fingerprint density at radius 2 is 1.80 bits per heavy atom. The number of aryl methyl sites for hydroxylation is 1. The van der Waals surface area contributed by atoms with Gasteiger partial charge in [0.05, 0.1) is 16.8 Å². The van der Waals surface area contributed by atoms with E-state index in [9.17, 15) is 14.4 Å². The second kappa shape index (κ2) is 8.65. The minimum atomic E-state index is -0.341. The first-order chi connectivity index (χ1) is 14.4. The predicted molar refractivity (Wildman–Crippen MR) is 116 cm³/mol. The van der Waals surface area contributed by atoms with Crippen LogP contribution in [0.25, 0.3) is 0 Å². The lowest BCUT2D eigenvalue weighted by molar-refractivity contribution is -0.116. The first kappa shape index (κ1) is 20.7. The van der Waals surface area contributed by atoms with Gasteiger partial charge < -0.3 is 5.32 Å². The first-order valence-electron chi connectivity index (χ1n) is 10.4. The van der Waals surface area contributed by atoms with E-state index in [1.165, 1.54) is 29.1 Å². The summed E-state index contributed by atoms with van der Waals surface area (Å²) in [6, 6.07) is 6.73. The zero-order chi connectivity index (χ0) is 21.3. The van der Waals surface area contributed by atoms with Crippen LogP contribution in [-0.4, -0.2) is 52.1 Å². The number of nitrogens with one attached hydrogen (secondary N) is 1. The fourth-order valence-electron chi connectivity index (χ4n) is 3.89. The summed E-state index contributed by atoms with van der Waals surface area (Å²) in [4.78, 5) is 46.4. The van der Waals surface area contributed by atoms with E-state index in [-0.39, 0.29) is 30.7 Å². The number of aromatic nitrogens is 1. The van der Waals surface area contributed by atoms with Crippen LogP contribution in [-0.2, 0) is 11.3 Å². The number of likely N-dealkylation sites (tertiary alicyclic amines) is 1. The van der Waals surface area contributed by atoms with E-state index in [0.717, 1.165) is 36.1 Å². The number of benzene rings is 1. The smallest absolute Gasteiger partial charge is 0.261 e. The number of imide groups is 1. The molecule has 1 saturated heterocycles. The van der Waals surface area contributed by atoms with E-state index in [1.54, 1.807) is 24.3 Å². The summed E-state index contributed by atoms with van der Waals surface area (Å²) in [6.07, 6.45) is 2.49. The van der Waals surface area contributed by atoms with Crippen LogP contribution in [0.5, 0.6) is 0 Å². The molecule has 8 heteroatoms. The Hall–Kier alpha value is -2.58. The Bertz CT molecular complexity index is 944. The molecule has 0 aliphatic carbocycles. The molecule has 7 nitrogen and oxygen atoms in total. The van der Waals surface area contributed by atoms with Crippen LogP contribution in [0.4, 0.5) is 5.13 Å². The average molecular weight is 427 g/mol. The number of piperidine rings is 1. The highest BCUT2D eigenvalue weighted by atomic mass is 32.1.